The van der Waals surface area contributed by atoms with Crippen LogP contribution in [0, 0.1) is 5.92 Å². The van der Waals surface area contributed by atoms with Gasteiger partial charge in [0.2, 0.25) is 5.95 Å². The zero-order valence-electron chi connectivity index (χ0n) is 19.0. The van der Waals surface area contributed by atoms with Gasteiger partial charge in [-0.1, -0.05) is 0 Å². The van der Waals surface area contributed by atoms with Crippen LogP contribution >= 0.6 is 0 Å². The lowest BCUT2D eigenvalue weighted by Gasteiger charge is -2.30. The molecule has 1 atom stereocenters. The molecular weight excluding hydrogens is 422 g/mol. The third-order valence-electron chi connectivity index (χ3n) is 6.57. The number of anilines is 2. The fourth-order valence-electron chi connectivity index (χ4n) is 4.81. The Kier molecular flexibility index (Phi) is 5.76. The number of likely N-dealkylation sites (N-methyl/N-ethyl adjacent to an activating group) is 1. The Hall–Kier alpha value is -3.40. The van der Waals surface area contributed by atoms with Crippen molar-refractivity contribution in [2.75, 3.05) is 39.1 Å². The van der Waals surface area contributed by atoms with Gasteiger partial charge in [0.15, 0.2) is 5.65 Å². The van der Waals surface area contributed by atoms with Crippen molar-refractivity contribution in [3.8, 4) is 5.75 Å². The van der Waals surface area contributed by atoms with Gasteiger partial charge in [0.05, 0.1) is 24.4 Å². The minimum atomic E-state index is -0.857. The largest absolute Gasteiger partial charge is 0.495 e. The number of rotatable bonds is 5. The van der Waals surface area contributed by atoms with Gasteiger partial charge in [-0.25, -0.2) is 14.5 Å². The molecule has 2 aromatic heterocycles. The molecule has 10 heteroatoms. The van der Waals surface area contributed by atoms with Crippen LogP contribution in [-0.2, 0) is 19.5 Å². The van der Waals surface area contributed by atoms with Gasteiger partial charge in [-0.05, 0) is 55.5 Å². The standard InChI is InChI=1S/C23H29N7O3/c1-28-7-5-16-9-20(33-2)19(8-17(16)14-28)26-22-24-10-18-11-25-30(21(18)27-22)13-15-4-3-6-29(12-15)23(31)32/h8-11,15H,3-7,12-14H2,1-2H3,(H,31,32)(H,24,26,27)/t15-/m0/s1. The summed E-state index contributed by atoms with van der Waals surface area (Å²) in [5.74, 6) is 1.45. The molecule has 5 rings (SSSR count). The van der Waals surface area contributed by atoms with E-state index in [-0.39, 0.29) is 5.92 Å². The molecule has 0 spiro atoms. The van der Waals surface area contributed by atoms with E-state index in [9.17, 15) is 9.90 Å². The highest BCUT2D eigenvalue weighted by Crippen LogP contribution is 2.33. The smallest absolute Gasteiger partial charge is 0.407 e. The maximum atomic E-state index is 11.4. The van der Waals surface area contributed by atoms with Gasteiger partial charge >= 0.3 is 6.09 Å². The van der Waals surface area contributed by atoms with E-state index >= 15 is 0 Å². The average Bonchev–Trinajstić information content (AvgIpc) is 3.20. The van der Waals surface area contributed by atoms with Crippen LogP contribution < -0.4 is 10.1 Å². The van der Waals surface area contributed by atoms with Crippen LogP contribution in [0.4, 0.5) is 16.4 Å². The van der Waals surface area contributed by atoms with Crippen molar-refractivity contribution in [2.24, 2.45) is 5.92 Å². The Morgan fingerprint density at radius 3 is 2.97 bits per heavy atom. The molecule has 1 fully saturated rings. The van der Waals surface area contributed by atoms with Crippen molar-refractivity contribution >= 4 is 28.8 Å². The van der Waals surface area contributed by atoms with Crippen LogP contribution in [0.1, 0.15) is 24.0 Å². The van der Waals surface area contributed by atoms with Crippen LogP contribution in [0.15, 0.2) is 24.5 Å². The van der Waals surface area contributed by atoms with Crippen molar-refractivity contribution < 1.29 is 14.6 Å². The van der Waals surface area contributed by atoms with E-state index in [1.807, 2.05) is 4.68 Å². The van der Waals surface area contributed by atoms with Gasteiger partial charge in [-0.15, -0.1) is 0 Å². The average molecular weight is 452 g/mol. The zero-order chi connectivity index (χ0) is 22.9. The van der Waals surface area contributed by atoms with Crippen LogP contribution in [0.3, 0.4) is 0 Å². The summed E-state index contributed by atoms with van der Waals surface area (Å²) in [7, 11) is 3.80. The normalized spacial score (nSPS) is 18.8. The number of methoxy groups -OCH3 is 1. The number of piperidine rings is 1. The first-order valence-electron chi connectivity index (χ1n) is 11.3. The van der Waals surface area contributed by atoms with Gasteiger partial charge in [0, 0.05) is 38.9 Å². The van der Waals surface area contributed by atoms with Crippen molar-refractivity contribution in [3.63, 3.8) is 0 Å². The molecule has 2 aliphatic rings. The quantitative estimate of drug-likeness (QED) is 0.610. The third kappa shape index (κ3) is 4.43. The first-order valence-corrected chi connectivity index (χ1v) is 11.3. The summed E-state index contributed by atoms with van der Waals surface area (Å²) in [6, 6.07) is 4.22. The van der Waals surface area contributed by atoms with Gasteiger partial charge < -0.3 is 25.0 Å². The van der Waals surface area contributed by atoms with E-state index in [2.05, 4.69) is 39.5 Å². The van der Waals surface area contributed by atoms with Gasteiger partial charge in [-0.3, -0.25) is 0 Å². The van der Waals surface area contributed by atoms with Crippen molar-refractivity contribution in [1.82, 2.24) is 29.5 Å². The number of nitrogens with zero attached hydrogens (tertiary/aromatic N) is 6. The number of hydrogen-bond donors (Lipinski definition) is 2. The van der Waals surface area contributed by atoms with Crippen molar-refractivity contribution in [3.05, 3.63) is 35.7 Å². The molecule has 1 aromatic carbocycles. The Labute approximate surface area is 192 Å². The summed E-state index contributed by atoms with van der Waals surface area (Å²) in [5.41, 5.74) is 4.16. The molecule has 1 saturated heterocycles. The molecule has 3 aromatic rings. The number of carbonyl (C=O) groups is 1. The number of hydrogen-bond acceptors (Lipinski definition) is 7. The Balaban J connectivity index is 1.39. The zero-order valence-corrected chi connectivity index (χ0v) is 19.0. The number of nitrogens with one attached hydrogen (secondary N) is 1. The van der Waals surface area contributed by atoms with Crippen molar-refractivity contribution in [2.45, 2.75) is 32.4 Å². The van der Waals surface area contributed by atoms with Gasteiger partial charge in [0.25, 0.3) is 0 Å². The maximum absolute atomic E-state index is 11.4. The molecule has 10 nitrogen and oxygen atoms in total. The second kappa shape index (κ2) is 8.86. The van der Waals surface area contributed by atoms with Crippen molar-refractivity contribution in [1.29, 1.82) is 0 Å². The Morgan fingerprint density at radius 1 is 1.27 bits per heavy atom. The number of fused-ring (bicyclic) bond motifs is 2. The maximum Gasteiger partial charge on any atom is 0.407 e. The SMILES string of the molecule is COc1cc2c(cc1Nc1ncc3cnn(C[C@H]4CCCN(C(=O)O)C4)c3n1)CN(C)CC2. The van der Waals surface area contributed by atoms with Crippen LogP contribution in [0.25, 0.3) is 11.0 Å². The Bertz CT molecular complexity index is 1180. The lowest BCUT2D eigenvalue weighted by Crippen LogP contribution is -2.40. The molecule has 2 N–H and O–H groups in total. The fourth-order valence-corrected chi connectivity index (χ4v) is 4.81. The topological polar surface area (TPSA) is 109 Å². The van der Waals surface area contributed by atoms with Gasteiger partial charge in [-0.2, -0.15) is 10.1 Å². The highest BCUT2D eigenvalue weighted by Gasteiger charge is 2.24. The summed E-state index contributed by atoms with van der Waals surface area (Å²) in [6.07, 6.45) is 5.51. The molecule has 0 aliphatic carbocycles. The molecule has 0 saturated carbocycles. The van der Waals surface area contributed by atoms with Crippen LogP contribution in [0.2, 0.25) is 0 Å². The molecule has 174 valence electrons. The second-order valence-corrected chi connectivity index (χ2v) is 8.97. The number of amides is 1. The summed E-state index contributed by atoms with van der Waals surface area (Å²) in [4.78, 5) is 24.4. The van der Waals surface area contributed by atoms with Gasteiger partial charge in [0.1, 0.15) is 5.75 Å². The molecule has 0 unspecified atom stereocenters. The summed E-state index contributed by atoms with van der Waals surface area (Å²) >= 11 is 0. The fraction of sp³-hybridized carbons (Fsp3) is 0.478. The minimum absolute atomic E-state index is 0.210. The predicted molar refractivity (Wildman–Crippen MR) is 124 cm³/mol. The molecule has 1 amide bonds. The highest BCUT2D eigenvalue weighted by molar-refractivity contribution is 5.76. The van der Waals surface area contributed by atoms with E-state index in [4.69, 9.17) is 9.72 Å². The molecule has 2 aliphatic heterocycles. The lowest BCUT2D eigenvalue weighted by molar-refractivity contribution is 0.116. The highest BCUT2D eigenvalue weighted by atomic mass is 16.5. The predicted octanol–water partition coefficient (Wildman–Crippen LogP) is 2.96. The number of aromatic nitrogens is 4. The molecule has 33 heavy (non-hydrogen) atoms. The third-order valence-corrected chi connectivity index (χ3v) is 6.57. The second-order valence-electron chi connectivity index (χ2n) is 8.97. The molecule has 0 bridgehead atoms. The van der Waals surface area contributed by atoms with E-state index in [1.54, 1.807) is 19.5 Å². The summed E-state index contributed by atoms with van der Waals surface area (Å²) in [6.45, 7) is 3.68. The van der Waals surface area contributed by atoms with E-state index in [0.29, 0.717) is 25.6 Å². The number of likely N-dealkylation sites (tertiary alicyclic amines) is 1. The first-order chi connectivity index (χ1) is 16.0. The Morgan fingerprint density at radius 2 is 2.15 bits per heavy atom. The van der Waals surface area contributed by atoms with E-state index < -0.39 is 6.09 Å². The van der Waals surface area contributed by atoms with Crippen LogP contribution in [0.5, 0.6) is 5.75 Å². The van der Waals surface area contributed by atoms with E-state index in [0.717, 1.165) is 54.8 Å². The molecule has 4 heterocycles. The first kappa shape index (κ1) is 21.4. The number of carboxylic acid groups (broad SMARTS) is 1. The van der Waals surface area contributed by atoms with E-state index in [1.165, 1.54) is 16.0 Å². The minimum Gasteiger partial charge on any atom is -0.495 e. The number of ether oxygens (including phenoxy) is 1. The summed E-state index contributed by atoms with van der Waals surface area (Å²) in [5, 5.41) is 18.0. The summed E-state index contributed by atoms with van der Waals surface area (Å²) < 4.78 is 7.49. The molecular formula is C23H29N7O3. The monoisotopic (exact) mass is 451 g/mol. The molecule has 0 radical (unpaired) electrons. The lowest BCUT2D eigenvalue weighted by atomic mass is 9.98. The van der Waals surface area contributed by atoms with Crippen LogP contribution in [-0.4, -0.2) is 74.5 Å². The number of benzene rings is 1.